The topological polar surface area (TPSA) is 58.6 Å². The summed E-state index contributed by atoms with van der Waals surface area (Å²) in [6, 6.07) is 21.1. The molecule has 0 amide bonds. The van der Waals surface area contributed by atoms with Crippen LogP contribution in [0.5, 0.6) is 5.75 Å². The Morgan fingerprint density at radius 2 is 1.85 bits per heavy atom. The standard InChI is InChI=1S/C22H23NO3/c1-26-18-9-4-8-17(14-18)22(25)15-23-13-12-21(24)20-11-5-7-16-6-2-3-10-19(16)20/h2-11,14,22-23,25H,12-13,15H2,1H3. The average molecular weight is 349 g/mol. The molecule has 0 aliphatic heterocycles. The lowest BCUT2D eigenvalue weighted by Crippen LogP contribution is -2.24. The third kappa shape index (κ3) is 4.28. The fraction of sp³-hybridized carbons (Fsp3) is 0.227. The van der Waals surface area contributed by atoms with Gasteiger partial charge in [0.05, 0.1) is 13.2 Å². The Morgan fingerprint density at radius 3 is 2.69 bits per heavy atom. The van der Waals surface area contributed by atoms with Crippen molar-refractivity contribution in [3.05, 3.63) is 77.9 Å². The molecule has 2 N–H and O–H groups in total. The summed E-state index contributed by atoms with van der Waals surface area (Å²) >= 11 is 0. The molecule has 4 nitrogen and oxygen atoms in total. The number of rotatable bonds is 8. The summed E-state index contributed by atoms with van der Waals surface area (Å²) in [5, 5.41) is 15.5. The second-order valence-corrected chi connectivity index (χ2v) is 6.20. The third-order valence-corrected chi connectivity index (χ3v) is 4.44. The van der Waals surface area contributed by atoms with Crippen molar-refractivity contribution in [2.75, 3.05) is 20.2 Å². The number of ketones is 1. The molecule has 0 aliphatic carbocycles. The molecule has 4 heteroatoms. The first-order valence-corrected chi connectivity index (χ1v) is 8.73. The van der Waals surface area contributed by atoms with Crippen molar-refractivity contribution < 1.29 is 14.6 Å². The lowest BCUT2D eigenvalue weighted by atomic mass is 10.00. The maximum atomic E-state index is 12.5. The highest BCUT2D eigenvalue weighted by Gasteiger charge is 2.11. The summed E-state index contributed by atoms with van der Waals surface area (Å²) in [7, 11) is 1.60. The average Bonchev–Trinajstić information content (AvgIpc) is 2.70. The maximum absolute atomic E-state index is 12.5. The predicted molar refractivity (Wildman–Crippen MR) is 104 cm³/mol. The van der Waals surface area contributed by atoms with E-state index in [9.17, 15) is 9.90 Å². The molecule has 3 aromatic carbocycles. The molecule has 0 radical (unpaired) electrons. The number of hydrogen-bond acceptors (Lipinski definition) is 4. The predicted octanol–water partition coefficient (Wildman–Crippen LogP) is 3.74. The molecule has 3 rings (SSSR count). The number of aliphatic hydroxyl groups excluding tert-OH is 1. The summed E-state index contributed by atoms with van der Waals surface area (Å²) < 4.78 is 5.17. The monoisotopic (exact) mass is 349 g/mol. The highest BCUT2D eigenvalue weighted by Crippen LogP contribution is 2.20. The minimum absolute atomic E-state index is 0.102. The van der Waals surface area contributed by atoms with Crippen molar-refractivity contribution in [1.29, 1.82) is 0 Å². The summed E-state index contributed by atoms with van der Waals surface area (Å²) in [6.07, 6.45) is -0.253. The van der Waals surface area contributed by atoms with Crippen molar-refractivity contribution in [3.8, 4) is 5.75 Å². The Morgan fingerprint density at radius 1 is 1.08 bits per heavy atom. The van der Waals surface area contributed by atoms with Gasteiger partial charge in [0.2, 0.25) is 0 Å². The second-order valence-electron chi connectivity index (χ2n) is 6.20. The number of nitrogens with one attached hydrogen (secondary N) is 1. The van der Waals surface area contributed by atoms with Gasteiger partial charge >= 0.3 is 0 Å². The smallest absolute Gasteiger partial charge is 0.164 e. The number of carbonyl (C=O) groups is 1. The van der Waals surface area contributed by atoms with E-state index >= 15 is 0 Å². The van der Waals surface area contributed by atoms with Crippen molar-refractivity contribution in [2.45, 2.75) is 12.5 Å². The van der Waals surface area contributed by atoms with E-state index in [1.54, 1.807) is 7.11 Å². The van der Waals surface area contributed by atoms with E-state index in [1.807, 2.05) is 66.7 Å². The normalized spacial score (nSPS) is 12.1. The number of ether oxygens (including phenoxy) is 1. The fourth-order valence-electron chi connectivity index (χ4n) is 3.01. The van der Waals surface area contributed by atoms with Gasteiger partial charge in [0.15, 0.2) is 5.78 Å². The van der Waals surface area contributed by atoms with Crippen LogP contribution in [-0.4, -0.2) is 31.1 Å². The Kier molecular flexibility index (Phi) is 6.00. The fourth-order valence-corrected chi connectivity index (χ4v) is 3.01. The van der Waals surface area contributed by atoms with Gasteiger partial charge in [-0.1, -0.05) is 54.6 Å². The van der Waals surface area contributed by atoms with Crippen molar-refractivity contribution in [1.82, 2.24) is 5.32 Å². The van der Waals surface area contributed by atoms with E-state index in [1.165, 1.54) is 0 Å². The highest BCUT2D eigenvalue weighted by atomic mass is 16.5. The van der Waals surface area contributed by atoms with Crippen LogP contribution in [0.3, 0.4) is 0 Å². The Labute approximate surface area is 153 Å². The van der Waals surface area contributed by atoms with Crippen LogP contribution in [0.2, 0.25) is 0 Å². The molecule has 134 valence electrons. The zero-order valence-electron chi connectivity index (χ0n) is 14.8. The number of carbonyl (C=O) groups excluding carboxylic acids is 1. The minimum Gasteiger partial charge on any atom is -0.497 e. The van der Waals surface area contributed by atoms with Crippen LogP contribution in [-0.2, 0) is 0 Å². The van der Waals surface area contributed by atoms with Gasteiger partial charge in [-0.25, -0.2) is 0 Å². The summed E-state index contributed by atoms with van der Waals surface area (Å²) in [5.74, 6) is 0.817. The molecule has 0 fully saturated rings. The number of aliphatic hydroxyl groups is 1. The quantitative estimate of drug-likeness (QED) is 0.480. The molecule has 0 saturated carbocycles. The lowest BCUT2D eigenvalue weighted by Gasteiger charge is -2.13. The molecule has 0 aliphatic rings. The van der Waals surface area contributed by atoms with Gasteiger partial charge in [-0.3, -0.25) is 4.79 Å². The van der Waals surface area contributed by atoms with Crippen LogP contribution in [0.25, 0.3) is 10.8 Å². The highest BCUT2D eigenvalue weighted by molar-refractivity contribution is 6.08. The van der Waals surface area contributed by atoms with Gasteiger partial charge in [-0.2, -0.15) is 0 Å². The van der Waals surface area contributed by atoms with Crippen molar-refractivity contribution in [3.63, 3.8) is 0 Å². The van der Waals surface area contributed by atoms with Gasteiger partial charge in [-0.15, -0.1) is 0 Å². The summed E-state index contributed by atoms with van der Waals surface area (Å²) in [6.45, 7) is 0.902. The van der Waals surface area contributed by atoms with Gasteiger partial charge < -0.3 is 15.2 Å². The first kappa shape index (κ1) is 18.1. The first-order valence-electron chi connectivity index (χ1n) is 8.73. The Hall–Kier alpha value is -2.69. The van der Waals surface area contributed by atoms with Crippen LogP contribution in [0, 0.1) is 0 Å². The van der Waals surface area contributed by atoms with E-state index in [0.29, 0.717) is 25.3 Å². The van der Waals surface area contributed by atoms with Gasteiger partial charge in [-0.05, 0) is 28.5 Å². The number of methoxy groups -OCH3 is 1. The molecule has 0 bridgehead atoms. The Balaban J connectivity index is 1.53. The Bertz CT molecular complexity index is 886. The SMILES string of the molecule is COc1cccc(C(O)CNCCC(=O)c2cccc3ccccc23)c1. The van der Waals surface area contributed by atoms with Crippen molar-refractivity contribution in [2.24, 2.45) is 0 Å². The first-order chi connectivity index (χ1) is 12.7. The van der Waals surface area contributed by atoms with Crippen LogP contribution in [0.4, 0.5) is 0 Å². The van der Waals surface area contributed by atoms with Crippen LogP contribution >= 0.6 is 0 Å². The molecule has 3 aromatic rings. The number of hydrogen-bond donors (Lipinski definition) is 2. The second kappa shape index (κ2) is 8.61. The van der Waals surface area contributed by atoms with Crippen molar-refractivity contribution >= 4 is 16.6 Å². The molecular weight excluding hydrogens is 326 g/mol. The number of fused-ring (bicyclic) bond motifs is 1. The largest absolute Gasteiger partial charge is 0.497 e. The zero-order valence-corrected chi connectivity index (χ0v) is 14.8. The molecule has 0 aromatic heterocycles. The maximum Gasteiger partial charge on any atom is 0.164 e. The molecule has 0 saturated heterocycles. The van der Waals surface area contributed by atoms with E-state index in [2.05, 4.69) is 5.32 Å². The van der Waals surface area contributed by atoms with Crippen LogP contribution in [0.1, 0.15) is 28.4 Å². The molecule has 1 unspecified atom stereocenters. The third-order valence-electron chi connectivity index (χ3n) is 4.44. The van der Waals surface area contributed by atoms with Gasteiger partial charge in [0, 0.05) is 25.1 Å². The summed E-state index contributed by atoms with van der Waals surface area (Å²) in [5.41, 5.74) is 1.54. The van der Waals surface area contributed by atoms with E-state index in [-0.39, 0.29) is 5.78 Å². The van der Waals surface area contributed by atoms with E-state index in [4.69, 9.17) is 4.74 Å². The zero-order chi connectivity index (χ0) is 18.4. The minimum atomic E-state index is -0.641. The van der Waals surface area contributed by atoms with E-state index < -0.39 is 6.10 Å². The molecular formula is C22H23NO3. The molecule has 1 atom stereocenters. The number of benzene rings is 3. The molecule has 0 spiro atoms. The molecule has 0 heterocycles. The lowest BCUT2D eigenvalue weighted by molar-refractivity contribution is 0.0981. The van der Waals surface area contributed by atoms with Crippen LogP contribution < -0.4 is 10.1 Å². The molecule has 26 heavy (non-hydrogen) atoms. The number of Topliss-reactive ketones (excluding diaryl/α,β-unsaturated/α-hetero) is 1. The van der Waals surface area contributed by atoms with Gasteiger partial charge in [0.25, 0.3) is 0 Å². The summed E-state index contributed by atoms with van der Waals surface area (Å²) in [4.78, 5) is 12.5. The van der Waals surface area contributed by atoms with E-state index in [0.717, 1.165) is 21.9 Å². The van der Waals surface area contributed by atoms with Gasteiger partial charge in [0.1, 0.15) is 5.75 Å². The van der Waals surface area contributed by atoms with Crippen LogP contribution in [0.15, 0.2) is 66.7 Å².